The van der Waals surface area contributed by atoms with Gasteiger partial charge in [-0.2, -0.15) is 13.2 Å². The van der Waals surface area contributed by atoms with Crippen molar-refractivity contribution in [3.8, 4) is 33.6 Å². The largest absolute Gasteiger partial charge is 0.453 e. The van der Waals surface area contributed by atoms with E-state index in [-0.39, 0.29) is 23.0 Å². The van der Waals surface area contributed by atoms with Crippen LogP contribution in [0.25, 0.3) is 33.6 Å². The number of hydrogen-bond donors (Lipinski definition) is 4. The fraction of sp³-hybridized carbons (Fsp3) is 0.389. The topological polar surface area (TPSA) is 175 Å². The van der Waals surface area contributed by atoms with Crippen molar-refractivity contribution in [2.45, 2.75) is 64.0 Å². The number of ether oxygens (including phenoxy) is 2. The number of benzene rings is 2. The Kier molecular flexibility index (Phi) is 11.4. The van der Waals surface area contributed by atoms with E-state index in [4.69, 9.17) is 0 Å². The lowest BCUT2D eigenvalue weighted by atomic mass is 10.0. The number of imidazole rings is 2. The Bertz CT molecular complexity index is 1940. The molecule has 4 atom stereocenters. The van der Waals surface area contributed by atoms with E-state index in [0.717, 1.165) is 16.7 Å². The van der Waals surface area contributed by atoms with Crippen LogP contribution in [0.1, 0.15) is 63.0 Å². The number of likely N-dealkylation sites (N-methyl/N-ethyl adjacent to an activating group) is 1. The van der Waals surface area contributed by atoms with Gasteiger partial charge < -0.3 is 39.9 Å². The van der Waals surface area contributed by atoms with Gasteiger partial charge in [0.2, 0.25) is 11.8 Å². The Morgan fingerprint density at radius 1 is 0.868 bits per heavy atom. The third-order valence-corrected chi connectivity index (χ3v) is 9.24. The molecule has 0 spiro atoms. The summed E-state index contributed by atoms with van der Waals surface area (Å²) in [5, 5.41) is 4.86. The van der Waals surface area contributed by atoms with Crippen LogP contribution in [0.2, 0.25) is 0 Å². The van der Waals surface area contributed by atoms with Crippen LogP contribution in [0, 0.1) is 0 Å². The Hall–Kier alpha value is -5.87. The van der Waals surface area contributed by atoms with Gasteiger partial charge in [-0.15, -0.1) is 0 Å². The number of rotatable bonds is 10. The first-order valence-corrected chi connectivity index (χ1v) is 16.8. The summed E-state index contributed by atoms with van der Waals surface area (Å²) in [5.41, 5.74) is 2.06. The lowest BCUT2D eigenvalue weighted by molar-refractivity contribution is -0.140. The Morgan fingerprint density at radius 3 is 1.98 bits per heavy atom. The van der Waals surface area contributed by atoms with E-state index in [1.807, 2.05) is 24.3 Å². The van der Waals surface area contributed by atoms with E-state index in [2.05, 4.69) is 40.0 Å². The number of hydrogen-bond acceptors (Lipinski definition) is 8. The van der Waals surface area contributed by atoms with Crippen LogP contribution in [0.5, 0.6) is 0 Å². The molecule has 14 nitrogen and oxygen atoms in total. The molecule has 0 bridgehead atoms. The second-order valence-corrected chi connectivity index (χ2v) is 12.7. The maximum Gasteiger partial charge on any atom is 0.433 e. The maximum atomic E-state index is 14.3. The first-order chi connectivity index (χ1) is 25.1. The maximum absolute atomic E-state index is 14.3. The molecular formula is C36H41F3N8O6. The van der Waals surface area contributed by atoms with Gasteiger partial charge in [0.15, 0.2) is 0 Å². The van der Waals surface area contributed by atoms with Crippen molar-refractivity contribution in [1.29, 1.82) is 0 Å². The highest BCUT2D eigenvalue weighted by Crippen LogP contribution is 2.40. The summed E-state index contributed by atoms with van der Waals surface area (Å²) in [4.78, 5) is 66.4. The van der Waals surface area contributed by atoms with Crippen LogP contribution in [0.15, 0.2) is 54.7 Å². The second-order valence-electron chi connectivity index (χ2n) is 12.7. The lowest BCUT2D eigenvalue weighted by Crippen LogP contribution is -2.46. The van der Waals surface area contributed by atoms with Gasteiger partial charge in [-0.3, -0.25) is 9.59 Å². The Labute approximate surface area is 303 Å². The SMILES string of the molecule is COC(=O)N[C@@H](C)C(=O)N(C)[C@@H](C)c1ncc(-c2ccc(-c3ccc(-c4nc([C@H]5CCCN5C(=O)[C@H](C)NC(=O)OC)[nH]c4C(F)(F)F)cc3)cc2)[nH]1. The van der Waals surface area contributed by atoms with Crippen LogP contribution < -0.4 is 10.6 Å². The van der Waals surface area contributed by atoms with Crippen molar-refractivity contribution in [3.63, 3.8) is 0 Å². The van der Waals surface area contributed by atoms with Gasteiger partial charge in [-0.05, 0) is 50.3 Å². The molecule has 2 aromatic heterocycles. The van der Waals surface area contributed by atoms with Crippen LogP contribution in [-0.2, 0) is 25.2 Å². The lowest BCUT2D eigenvalue weighted by Gasteiger charge is -2.26. The minimum Gasteiger partial charge on any atom is -0.453 e. The summed E-state index contributed by atoms with van der Waals surface area (Å²) in [6.45, 7) is 5.15. The molecule has 3 heterocycles. The fourth-order valence-corrected chi connectivity index (χ4v) is 6.16. The number of alkyl halides is 3. The van der Waals surface area contributed by atoms with E-state index in [1.54, 1.807) is 51.4 Å². The van der Waals surface area contributed by atoms with Crippen LogP contribution in [0.4, 0.5) is 22.8 Å². The minimum absolute atomic E-state index is 0.0165. The summed E-state index contributed by atoms with van der Waals surface area (Å²) in [5.74, 6) is -0.226. The summed E-state index contributed by atoms with van der Waals surface area (Å²) in [6.07, 6.45) is -3.62. The molecule has 4 N–H and O–H groups in total. The summed E-state index contributed by atoms with van der Waals surface area (Å²) < 4.78 is 51.9. The number of H-pyrrole nitrogens is 2. The average Bonchev–Trinajstić information content (AvgIpc) is 3.94. The van der Waals surface area contributed by atoms with Gasteiger partial charge in [0, 0.05) is 19.2 Å². The Balaban J connectivity index is 1.31. The fourth-order valence-electron chi connectivity index (χ4n) is 6.16. The second kappa shape index (κ2) is 15.8. The molecule has 17 heteroatoms. The zero-order valence-corrected chi connectivity index (χ0v) is 30.0. The zero-order valence-electron chi connectivity index (χ0n) is 30.0. The molecular weight excluding hydrogens is 697 g/mol. The van der Waals surface area contributed by atoms with Crippen LogP contribution in [-0.4, -0.2) is 93.6 Å². The molecule has 53 heavy (non-hydrogen) atoms. The van der Waals surface area contributed by atoms with Gasteiger partial charge in [-0.25, -0.2) is 19.6 Å². The van der Waals surface area contributed by atoms with E-state index >= 15 is 0 Å². The minimum atomic E-state index is -4.74. The smallest absolute Gasteiger partial charge is 0.433 e. The molecule has 0 unspecified atom stereocenters. The predicted octanol–water partition coefficient (Wildman–Crippen LogP) is 5.82. The number of alkyl carbamates (subject to hydrolysis) is 2. The molecule has 1 fully saturated rings. The molecule has 282 valence electrons. The van der Waals surface area contributed by atoms with Crippen molar-refractivity contribution in [1.82, 2.24) is 40.4 Å². The monoisotopic (exact) mass is 738 g/mol. The third kappa shape index (κ3) is 8.45. The normalized spacial score (nSPS) is 16.0. The summed E-state index contributed by atoms with van der Waals surface area (Å²) in [7, 11) is 4.00. The molecule has 5 rings (SSSR count). The molecule has 1 saturated heterocycles. The summed E-state index contributed by atoms with van der Waals surface area (Å²) >= 11 is 0. The molecule has 4 amide bonds. The predicted molar refractivity (Wildman–Crippen MR) is 187 cm³/mol. The van der Waals surface area contributed by atoms with Gasteiger partial charge in [0.1, 0.15) is 35.1 Å². The van der Waals surface area contributed by atoms with E-state index in [9.17, 15) is 32.3 Å². The number of nitrogens with zero attached hydrogens (tertiary/aromatic N) is 4. The highest BCUT2D eigenvalue weighted by molar-refractivity contribution is 5.86. The third-order valence-electron chi connectivity index (χ3n) is 9.24. The number of likely N-dealkylation sites (tertiary alicyclic amines) is 1. The molecule has 0 saturated carbocycles. The molecule has 0 aliphatic carbocycles. The highest BCUT2D eigenvalue weighted by atomic mass is 19.4. The van der Waals surface area contributed by atoms with Gasteiger partial charge in [-0.1, -0.05) is 48.5 Å². The zero-order chi connectivity index (χ0) is 38.6. The number of halogens is 3. The van der Waals surface area contributed by atoms with Gasteiger partial charge in [0.05, 0.1) is 38.2 Å². The molecule has 1 aliphatic heterocycles. The van der Waals surface area contributed by atoms with Crippen molar-refractivity contribution >= 4 is 24.0 Å². The first kappa shape index (κ1) is 38.4. The van der Waals surface area contributed by atoms with Crippen molar-refractivity contribution in [2.75, 3.05) is 27.8 Å². The van der Waals surface area contributed by atoms with Gasteiger partial charge >= 0.3 is 18.4 Å². The standard InChI is InChI=1S/C36H41F3N8O6/c1-19(41-34(50)52-5)32(48)46(4)21(3)30-40-18-26(43-30)24-13-9-22(10-14-24)23-11-15-25(16-12-23)28-29(36(37,38)39)45-31(44-28)27-8-7-17-47(27)33(49)20(2)42-35(51)53-6/h9-16,18-21,27H,7-8,17H2,1-6H3,(H,40,43)(H,41,50)(H,42,51)(H,44,45)/t19-,20-,21-,27+/m0/s1. The average molecular weight is 739 g/mol. The highest BCUT2D eigenvalue weighted by Gasteiger charge is 2.41. The van der Waals surface area contributed by atoms with E-state index < -0.39 is 54.1 Å². The number of carbonyl (C=O) groups is 4. The van der Waals surface area contributed by atoms with Crippen LogP contribution >= 0.6 is 0 Å². The first-order valence-electron chi connectivity index (χ1n) is 16.8. The van der Waals surface area contributed by atoms with E-state index in [0.29, 0.717) is 30.9 Å². The van der Waals surface area contributed by atoms with Crippen LogP contribution in [0.3, 0.4) is 0 Å². The number of carbonyl (C=O) groups excluding carboxylic acids is 4. The van der Waals surface area contributed by atoms with E-state index in [1.165, 1.54) is 30.9 Å². The van der Waals surface area contributed by atoms with Crippen molar-refractivity contribution in [2.24, 2.45) is 0 Å². The van der Waals surface area contributed by atoms with Crippen molar-refractivity contribution in [3.05, 3.63) is 72.1 Å². The molecule has 0 radical (unpaired) electrons. The molecule has 1 aliphatic rings. The number of amides is 4. The number of aromatic nitrogens is 4. The number of nitrogens with one attached hydrogen (secondary N) is 4. The number of methoxy groups -OCH3 is 2. The summed E-state index contributed by atoms with van der Waals surface area (Å²) in [6, 6.07) is 11.2. The number of aromatic amines is 2. The molecule has 4 aromatic rings. The van der Waals surface area contributed by atoms with Crippen molar-refractivity contribution < 1.29 is 41.8 Å². The quantitative estimate of drug-likeness (QED) is 0.157. The Morgan fingerprint density at radius 2 is 1.42 bits per heavy atom. The van der Waals surface area contributed by atoms with Gasteiger partial charge in [0.25, 0.3) is 0 Å². The molecule has 2 aromatic carbocycles.